The van der Waals surface area contributed by atoms with Crippen LogP contribution >= 0.6 is 0 Å². The van der Waals surface area contributed by atoms with Crippen LogP contribution in [0.3, 0.4) is 0 Å². The Bertz CT molecular complexity index is 2250. The molecule has 4 aromatic heterocycles. The third-order valence-electron chi connectivity index (χ3n) is 10.3. The maximum absolute atomic E-state index is 12.9. The minimum atomic E-state index is -1.39. The molecule has 2 saturated heterocycles. The van der Waals surface area contributed by atoms with Gasteiger partial charge in [0.1, 0.15) is 11.5 Å². The number of nitrogens with zero attached hydrogens (tertiary/aromatic N) is 6. The molecule has 320 valence electrons. The molecule has 0 spiro atoms. The fourth-order valence-electron chi connectivity index (χ4n) is 6.65. The van der Waals surface area contributed by atoms with Crippen molar-refractivity contribution in [3.63, 3.8) is 0 Å². The molecule has 6 heterocycles. The topological polar surface area (TPSA) is 169 Å². The van der Waals surface area contributed by atoms with E-state index >= 15 is 0 Å². The van der Waals surface area contributed by atoms with E-state index < -0.39 is 33.2 Å². The largest absolute Gasteiger partial charge is 2.00 e. The third kappa shape index (κ3) is 12.0. The van der Waals surface area contributed by atoms with E-state index in [-0.39, 0.29) is 61.1 Å². The second-order valence-corrected chi connectivity index (χ2v) is 18.7. The fraction of sp³-hybridized carbons (Fsp3) is 0.455. The van der Waals surface area contributed by atoms with Crippen LogP contribution < -0.4 is 19.4 Å². The standard InChI is InChI=1S/2C22H26N3O4S.Ca/c2*1-14-9-23-19(13-30(26)21-24-17-7-5-6-8-18(17)25-21)15(2)20(14)27-10-16-11-28-22(3,4)29-12-16;/h2*5-9,16H,10-13H2,1-4H3;/q2*-1;+2. The average Bonchev–Trinajstić information content (AvgIpc) is 3.87. The van der Waals surface area contributed by atoms with Crippen LogP contribution in [0.4, 0.5) is 0 Å². The van der Waals surface area contributed by atoms with E-state index in [0.29, 0.717) is 50.0 Å². The maximum Gasteiger partial charge on any atom is 2.00 e. The number of aryl methyl sites for hydroxylation is 2. The Hall–Kier alpha value is -3.32. The molecule has 0 saturated carbocycles. The third-order valence-corrected chi connectivity index (χ3v) is 12.5. The molecule has 17 heteroatoms. The van der Waals surface area contributed by atoms with Gasteiger partial charge >= 0.3 is 37.7 Å². The molecule has 2 fully saturated rings. The number of hydrogen-bond acceptors (Lipinski definition) is 12. The summed E-state index contributed by atoms with van der Waals surface area (Å²) in [6, 6.07) is 15.0. The molecule has 0 aliphatic carbocycles. The van der Waals surface area contributed by atoms with Gasteiger partial charge in [0.05, 0.1) is 84.1 Å². The molecule has 0 amide bonds. The second-order valence-electron chi connectivity index (χ2n) is 16.1. The van der Waals surface area contributed by atoms with Crippen molar-refractivity contribution in [2.75, 3.05) is 39.6 Å². The van der Waals surface area contributed by atoms with E-state index in [1.807, 2.05) is 104 Å². The molecule has 8 rings (SSSR count). The van der Waals surface area contributed by atoms with Crippen molar-refractivity contribution in [1.29, 1.82) is 0 Å². The zero-order chi connectivity index (χ0) is 42.6. The molecule has 0 radical (unpaired) electrons. The number of para-hydroxylation sites is 4. The molecule has 2 aliphatic heterocycles. The summed E-state index contributed by atoms with van der Waals surface area (Å²) in [5.74, 6) is 1.27. The molecule has 0 bridgehead atoms. The van der Waals surface area contributed by atoms with Gasteiger partial charge in [0, 0.05) is 56.8 Å². The average molecular weight is 897 g/mol. The number of fused-ring (bicyclic) bond motifs is 2. The van der Waals surface area contributed by atoms with Crippen molar-refractivity contribution in [3.05, 3.63) is 94.6 Å². The van der Waals surface area contributed by atoms with Crippen LogP contribution in [0.15, 0.2) is 71.2 Å². The molecule has 0 N–H and O–H groups in total. The molecular weight excluding hydrogens is 845 g/mol. The van der Waals surface area contributed by atoms with Crippen molar-refractivity contribution in [1.82, 2.24) is 29.9 Å². The fourth-order valence-corrected chi connectivity index (χ4v) is 8.79. The normalized spacial score (nSPS) is 17.6. The van der Waals surface area contributed by atoms with E-state index in [1.54, 1.807) is 12.4 Å². The SMILES string of the molecule is Cc1cnc(CS(=O)c2nc3ccccc3[n-]2)c(C)c1OCC1COC(C)(C)OC1.Cc1cnc(CS(=O)c2nc3ccccc3[n-]2)c(C)c1OCC1COC(C)(C)OC1.[Ca+2]. The van der Waals surface area contributed by atoms with Crippen molar-refractivity contribution in [3.8, 4) is 11.5 Å². The van der Waals surface area contributed by atoms with Gasteiger partial charge in [-0.15, -0.1) is 0 Å². The van der Waals surface area contributed by atoms with Crippen LogP contribution in [-0.2, 0) is 52.1 Å². The first kappa shape index (κ1) is 47.2. The van der Waals surface area contributed by atoms with Gasteiger partial charge in [-0.1, -0.05) is 48.5 Å². The first-order valence-electron chi connectivity index (χ1n) is 19.9. The van der Waals surface area contributed by atoms with Gasteiger partial charge in [0.25, 0.3) is 0 Å². The minimum absolute atomic E-state index is 0. The predicted octanol–water partition coefficient (Wildman–Crippen LogP) is 6.20. The van der Waals surface area contributed by atoms with Crippen molar-refractivity contribution in [2.24, 2.45) is 11.8 Å². The number of benzene rings is 2. The Balaban J connectivity index is 0.000000201. The molecule has 2 aromatic carbocycles. The summed E-state index contributed by atoms with van der Waals surface area (Å²) in [5, 5.41) is 0.666. The zero-order valence-electron chi connectivity index (χ0n) is 36.1. The number of rotatable bonds is 12. The number of pyridine rings is 2. The summed E-state index contributed by atoms with van der Waals surface area (Å²) in [6.07, 6.45) is 3.52. The van der Waals surface area contributed by atoms with Crippen molar-refractivity contribution < 1.29 is 36.8 Å². The molecule has 61 heavy (non-hydrogen) atoms. The van der Waals surface area contributed by atoms with Gasteiger partial charge in [-0.25, -0.2) is 0 Å². The van der Waals surface area contributed by atoms with Crippen LogP contribution in [-0.4, -0.2) is 117 Å². The van der Waals surface area contributed by atoms with Gasteiger partial charge in [-0.3, -0.25) is 18.4 Å². The summed E-state index contributed by atoms with van der Waals surface area (Å²) >= 11 is 0. The first-order valence-corrected chi connectivity index (χ1v) is 22.6. The zero-order valence-corrected chi connectivity index (χ0v) is 39.9. The van der Waals surface area contributed by atoms with Gasteiger partial charge in [-0.05, 0) is 77.5 Å². The summed E-state index contributed by atoms with van der Waals surface area (Å²) in [5.41, 5.74) is 8.09. The quantitative estimate of drug-likeness (QED) is 0.127. The van der Waals surface area contributed by atoms with E-state index in [0.717, 1.165) is 67.2 Å². The van der Waals surface area contributed by atoms with Gasteiger partial charge in [0.2, 0.25) is 0 Å². The Kier molecular flexibility index (Phi) is 15.8. The Labute approximate surface area is 391 Å². The Morgan fingerprint density at radius 3 is 1.34 bits per heavy atom. The minimum Gasteiger partial charge on any atom is -0.492 e. The number of imidazole rings is 2. The summed E-state index contributed by atoms with van der Waals surface area (Å²) in [4.78, 5) is 26.5. The van der Waals surface area contributed by atoms with Crippen LogP contribution in [0.5, 0.6) is 11.5 Å². The summed E-state index contributed by atoms with van der Waals surface area (Å²) in [6.45, 7) is 18.8. The monoisotopic (exact) mass is 896 g/mol. The Morgan fingerprint density at radius 2 is 0.984 bits per heavy atom. The summed E-state index contributed by atoms with van der Waals surface area (Å²) in [7, 11) is -2.78. The predicted molar refractivity (Wildman–Crippen MR) is 233 cm³/mol. The molecule has 14 nitrogen and oxygen atoms in total. The van der Waals surface area contributed by atoms with E-state index in [2.05, 4.69) is 29.9 Å². The summed E-state index contributed by atoms with van der Waals surface area (Å²) < 4.78 is 60.8. The first-order chi connectivity index (χ1) is 28.6. The number of aromatic nitrogens is 6. The van der Waals surface area contributed by atoms with E-state index in [9.17, 15) is 8.42 Å². The van der Waals surface area contributed by atoms with E-state index in [1.165, 1.54) is 0 Å². The van der Waals surface area contributed by atoms with Crippen molar-refractivity contribution >= 4 is 81.4 Å². The molecule has 6 aromatic rings. The molecule has 2 aliphatic rings. The van der Waals surface area contributed by atoms with Crippen LogP contribution in [0.25, 0.3) is 22.1 Å². The van der Waals surface area contributed by atoms with Gasteiger partial charge in [0.15, 0.2) is 11.6 Å². The molecule has 2 atom stereocenters. The Morgan fingerprint density at radius 1 is 0.623 bits per heavy atom. The maximum atomic E-state index is 12.9. The van der Waals surface area contributed by atoms with Crippen LogP contribution in [0, 0.1) is 39.5 Å². The number of ether oxygens (including phenoxy) is 6. The smallest absolute Gasteiger partial charge is 0.492 e. The van der Waals surface area contributed by atoms with Crippen molar-refractivity contribution in [2.45, 2.75) is 88.8 Å². The molecular formula is C44H52CaN6O8S2. The van der Waals surface area contributed by atoms with Gasteiger partial charge in [-0.2, -0.15) is 0 Å². The van der Waals surface area contributed by atoms with Gasteiger partial charge < -0.3 is 48.4 Å². The molecule has 2 unspecified atom stereocenters. The second kappa shape index (κ2) is 20.5. The van der Waals surface area contributed by atoms with E-state index in [4.69, 9.17) is 28.4 Å². The van der Waals surface area contributed by atoms with Crippen LogP contribution in [0.2, 0.25) is 0 Å². The van der Waals surface area contributed by atoms with Crippen LogP contribution in [0.1, 0.15) is 61.3 Å². The number of hydrogen-bond donors (Lipinski definition) is 0.